The van der Waals surface area contributed by atoms with Crippen molar-refractivity contribution in [3.8, 4) is 11.5 Å². The molecule has 1 amide bonds. The molecule has 0 aliphatic heterocycles. The van der Waals surface area contributed by atoms with Crippen molar-refractivity contribution in [1.29, 1.82) is 0 Å². The summed E-state index contributed by atoms with van der Waals surface area (Å²) in [4.78, 5) is 15.6. The second-order valence-electron chi connectivity index (χ2n) is 5.54. The topological polar surface area (TPSA) is 80.9 Å². The zero-order valence-electron chi connectivity index (χ0n) is 11.9. The number of hydrogen-bond donors (Lipinski definition) is 1. The first kappa shape index (κ1) is 14.2. The summed E-state index contributed by atoms with van der Waals surface area (Å²) in [7, 11) is 0. The number of nitrogens with one attached hydrogen (secondary N) is 1. The molecule has 0 spiro atoms. The number of nitrogens with zero attached hydrogens (tertiary/aromatic N) is 3. The highest BCUT2D eigenvalue weighted by atomic mass is 16.4. The predicted octanol–water partition coefficient (Wildman–Crippen LogP) is 1.98. The van der Waals surface area contributed by atoms with Crippen LogP contribution < -0.4 is 5.32 Å². The lowest BCUT2D eigenvalue weighted by atomic mass is 10.1. The molecule has 0 aromatic carbocycles. The van der Waals surface area contributed by atoms with Crippen LogP contribution in [0.2, 0.25) is 0 Å². The van der Waals surface area contributed by atoms with Crippen molar-refractivity contribution in [2.75, 3.05) is 0 Å². The number of aryl methyl sites for hydroxylation is 1. The molecule has 0 unspecified atom stereocenters. The zero-order chi connectivity index (χ0) is 14.6. The summed E-state index contributed by atoms with van der Waals surface area (Å²) in [6.07, 6.45) is 4.08. The lowest BCUT2D eigenvalue weighted by Gasteiger charge is -2.20. The molecule has 0 aliphatic rings. The Balaban J connectivity index is 1.92. The summed E-state index contributed by atoms with van der Waals surface area (Å²) in [6, 6.07) is 3.59. The number of rotatable bonds is 4. The fraction of sp³-hybridized carbons (Fsp3) is 0.429. The second-order valence-corrected chi connectivity index (χ2v) is 5.54. The molecule has 1 N–H and O–H groups in total. The van der Waals surface area contributed by atoms with Gasteiger partial charge >= 0.3 is 0 Å². The van der Waals surface area contributed by atoms with Crippen LogP contribution in [-0.2, 0) is 11.2 Å². The quantitative estimate of drug-likeness (QED) is 0.922. The van der Waals surface area contributed by atoms with E-state index in [2.05, 4.69) is 20.5 Å². The average Bonchev–Trinajstić information content (AvgIpc) is 2.84. The van der Waals surface area contributed by atoms with Crippen LogP contribution in [0.15, 0.2) is 28.9 Å². The van der Waals surface area contributed by atoms with Gasteiger partial charge < -0.3 is 9.73 Å². The van der Waals surface area contributed by atoms with Gasteiger partial charge in [-0.25, -0.2) is 0 Å². The molecule has 0 fully saturated rings. The van der Waals surface area contributed by atoms with Crippen LogP contribution in [-0.4, -0.2) is 26.6 Å². The highest BCUT2D eigenvalue weighted by Crippen LogP contribution is 2.16. The minimum atomic E-state index is -0.228. The van der Waals surface area contributed by atoms with Gasteiger partial charge in [0, 0.05) is 36.3 Å². The maximum atomic E-state index is 11.7. The maximum absolute atomic E-state index is 11.7. The van der Waals surface area contributed by atoms with Gasteiger partial charge in [-0.1, -0.05) is 0 Å². The van der Waals surface area contributed by atoms with Gasteiger partial charge in [-0.15, -0.1) is 10.2 Å². The highest BCUT2D eigenvalue weighted by molar-refractivity contribution is 5.76. The first-order chi connectivity index (χ1) is 9.44. The van der Waals surface area contributed by atoms with Gasteiger partial charge in [-0.05, 0) is 32.9 Å². The maximum Gasteiger partial charge on any atom is 0.247 e. The van der Waals surface area contributed by atoms with Crippen molar-refractivity contribution < 1.29 is 9.21 Å². The number of hydrogen-bond acceptors (Lipinski definition) is 5. The average molecular weight is 274 g/mol. The Labute approximate surface area is 117 Å². The third kappa shape index (κ3) is 4.15. The lowest BCUT2D eigenvalue weighted by Crippen LogP contribution is -2.40. The molecule has 6 heteroatoms. The standard InChI is InChI=1S/C14H18N4O2/c1-14(2,3)16-11(19)4-5-12-17-18-13(20-12)10-6-8-15-9-7-10/h6-9H,4-5H2,1-3H3,(H,16,19). The van der Waals surface area contributed by atoms with E-state index in [1.54, 1.807) is 24.5 Å². The molecule has 2 aromatic heterocycles. The van der Waals surface area contributed by atoms with Crippen LogP contribution in [0, 0.1) is 0 Å². The molecule has 6 nitrogen and oxygen atoms in total. The number of carbonyl (C=O) groups is 1. The van der Waals surface area contributed by atoms with E-state index < -0.39 is 0 Å². The molecular formula is C14H18N4O2. The second kappa shape index (κ2) is 5.81. The Morgan fingerprint density at radius 1 is 1.25 bits per heavy atom. The van der Waals surface area contributed by atoms with E-state index in [1.807, 2.05) is 20.8 Å². The molecule has 106 valence electrons. The van der Waals surface area contributed by atoms with Crippen molar-refractivity contribution in [3.63, 3.8) is 0 Å². The SMILES string of the molecule is CC(C)(C)NC(=O)CCc1nnc(-c2ccncc2)o1. The van der Waals surface area contributed by atoms with E-state index in [0.717, 1.165) is 5.56 Å². The summed E-state index contributed by atoms with van der Waals surface area (Å²) in [5.74, 6) is 0.876. The molecule has 0 atom stereocenters. The third-order valence-electron chi connectivity index (χ3n) is 2.47. The van der Waals surface area contributed by atoms with E-state index in [4.69, 9.17) is 4.42 Å². The van der Waals surface area contributed by atoms with Crippen LogP contribution in [0.4, 0.5) is 0 Å². The normalized spacial score (nSPS) is 11.3. The largest absolute Gasteiger partial charge is 0.421 e. The van der Waals surface area contributed by atoms with Crippen molar-refractivity contribution in [3.05, 3.63) is 30.4 Å². The summed E-state index contributed by atoms with van der Waals surface area (Å²) >= 11 is 0. The smallest absolute Gasteiger partial charge is 0.247 e. The highest BCUT2D eigenvalue weighted by Gasteiger charge is 2.15. The van der Waals surface area contributed by atoms with Gasteiger partial charge in [-0.2, -0.15) is 0 Å². The molecule has 2 aromatic rings. The van der Waals surface area contributed by atoms with Crippen LogP contribution in [0.1, 0.15) is 33.1 Å². The van der Waals surface area contributed by atoms with Crippen LogP contribution >= 0.6 is 0 Å². The summed E-state index contributed by atoms with van der Waals surface area (Å²) in [5, 5.41) is 10.8. The number of carbonyl (C=O) groups excluding carboxylic acids is 1. The molecule has 0 saturated carbocycles. The monoisotopic (exact) mass is 274 g/mol. The van der Waals surface area contributed by atoms with E-state index in [9.17, 15) is 4.79 Å². The van der Waals surface area contributed by atoms with Gasteiger partial charge in [0.15, 0.2) is 0 Å². The van der Waals surface area contributed by atoms with Crippen LogP contribution in [0.3, 0.4) is 0 Å². The van der Waals surface area contributed by atoms with E-state index in [1.165, 1.54) is 0 Å². The summed E-state index contributed by atoms with van der Waals surface area (Å²) in [6.45, 7) is 5.83. The minimum absolute atomic E-state index is 0.0267. The Morgan fingerprint density at radius 3 is 2.60 bits per heavy atom. The zero-order valence-corrected chi connectivity index (χ0v) is 11.9. The summed E-state index contributed by atoms with van der Waals surface area (Å²) < 4.78 is 5.52. The Hall–Kier alpha value is -2.24. The van der Waals surface area contributed by atoms with Gasteiger partial charge in [0.2, 0.25) is 17.7 Å². The third-order valence-corrected chi connectivity index (χ3v) is 2.47. The fourth-order valence-electron chi connectivity index (χ4n) is 1.67. The molecule has 0 radical (unpaired) electrons. The fourth-order valence-corrected chi connectivity index (χ4v) is 1.67. The molecular weight excluding hydrogens is 256 g/mol. The Bertz CT molecular complexity index is 572. The van der Waals surface area contributed by atoms with Crippen molar-refractivity contribution in [2.24, 2.45) is 0 Å². The molecule has 20 heavy (non-hydrogen) atoms. The van der Waals surface area contributed by atoms with E-state index in [0.29, 0.717) is 24.6 Å². The number of aromatic nitrogens is 3. The van der Waals surface area contributed by atoms with E-state index >= 15 is 0 Å². The number of pyridine rings is 1. The van der Waals surface area contributed by atoms with Crippen molar-refractivity contribution in [2.45, 2.75) is 39.2 Å². The van der Waals surface area contributed by atoms with Crippen molar-refractivity contribution >= 4 is 5.91 Å². The molecule has 0 aliphatic carbocycles. The van der Waals surface area contributed by atoms with Gasteiger partial charge in [-0.3, -0.25) is 9.78 Å². The van der Waals surface area contributed by atoms with Gasteiger partial charge in [0.25, 0.3) is 0 Å². The van der Waals surface area contributed by atoms with Crippen LogP contribution in [0.25, 0.3) is 11.5 Å². The van der Waals surface area contributed by atoms with E-state index in [-0.39, 0.29) is 11.4 Å². The molecule has 2 heterocycles. The predicted molar refractivity (Wildman–Crippen MR) is 73.7 cm³/mol. The Kier molecular flexibility index (Phi) is 4.12. The van der Waals surface area contributed by atoms with Gasteiger partial charge in [0.05, 0.1) is 0 Å². The first-order valence-corrected chi connectivity index (χ1v) is 6.48. The molecule has 2 rings (SSSR count). The summed E-state index contributed by atoms with van der Waals surface area (Å²) in [5.41, 5.74) is 0.589. The van der Waals surface area contributed by atoms with Crippen LogP contribution in [0.5, 0.6) is 0 Å². The van der Waals surface area contributed by atoms with Gasteiger partial charge in [0.1, 0.15) is 0 Å². The first-order valence-electron chi connectivity index (χ1n) is 6.48. The minimum Gasteiger partial charge on any atom is -0.421 e. The number of amides is 1. The Morgan fingerprint density at radius 2 is 1.95 bits per heavy atom. The van der Waals surface area contributed by atoms with Crippen molar-refractivity contribution in [1.82, 2.24) is 20.5 Å². The lowest BCUT2D eigenvalue weighted by molar-refractivity contribution is -0.122. The molecule has 0 saturated heterocycles. The molecule has 0 bridgehead atoms.